The van der Waals surface area contributed by atoms with Gasteiger partial charge in [0.05, 0.1) is 16.7 Å². The number of fused-ring (bicyclic) bond motifs is 1. The van der Waals surface area contributed by atoms with Crippen LogP contribution < -0.4 is 5.32 Å². The summed E-state index contributed by atoms with van der Waals surface area (Å²) in [6.07, 6.45) is 0.252. The zero-order valence-electron chi connectivity index (χ0n) is 13.4. The Labute approximate surface area is 144 Å². The molecule has 6 nitrogen and oxygen atoms in total. The molecule has 0 fully saturated rings. The molecule has 1 amide bonds. The van der Waals surface area contributed by atoms with Gasteiger partial charge < -0.3 is 10.1 Å². The molecule has 2 aromatic carbocycles. The minimum Gasteiger partial charge on any atom is -0.445 e. The van der Waals surface area contributed by atoms with Gasteiger partial charge in [0.15, 0.2) is 5.60 Å². The Morgan fingerprint density at radius 3 is 2.60 bits per heavy atom. The van der Waals surface area contributed by atoms with Crippen molar-refractivity contribution in [3.63, 3.8) is 0 Å². The molecule has 0 bridgehead atoms. The van der Waals surface area contributed by atoms with E-state index in [1.54, 1.807) is 31.2 Å². The first-order valence-electron chi connectivity index (χ1n) is 7.54. The van der Waals surface area contributed by atoms with Gasteiger partial charge in [-0.05, 0) is 36.8 Å². The third-order valence-corrected chi connectivity index (χ3v) is 4.08. The van der Waals surface area contributed by atoms with Crippen LogP contribution in [-0.2, 0) is 16.0 Å². The second-order valence-corrected chi connectivity index (χ2v) is 5.89. The molecule has 3 rings (SSSR count). The smallest absolute Gasteiger partial charge is 0.339 e. The normalized spacial score (nSPS) is 18.3. The number of nitrogens with one attached hydrogen (secondary N) is 1. The average molecular weight is 331 g/mol. The number of nitriles is 2. The summed E-state index contributed by atoms with van der Waals surface area (Å²) in [5.41, 5.74) is 0.594. The maximum absolute atomic E-state index is 12.7. The minimum absolute atomic E-state index is 0.163. The molecule has 0 aliphatic carbocycles. The van der Waals surface area contributed by atoms with Crippen molar-refractivity contribution in [2.24, 2.45) is 0 Å². The van der Waals surface area contributed by atoms with E-state index >= 15 is 0 Å². The standard InChI is InChI=1S/C19H13N3O3/c1-19(9-12-4-2-3-5-16(12)17(23)25-19)18(24)22-15-7-6-13(10-20)14(8-15)11-21/h2-8H,9H2,1H3,(H,22,24). The summed E-state index contributed by atoms with van der Waals surface area (Å²) >= 11 is 0. The largest absolute Gasteiger partial charge is 0.445 e. The second-order valence-electron chi connectivity index (χ2n) is 5.89. The molecule has 0 radical (unpaired) electrons. The molecule has 1 unspecified atom stereocenters. The molecule has 1 N–H and O–H groups in total. The van der Waals surface area contributed by atoms with Gasteiger partial charge in [0.2, 0.25) is 0 Å². The van der Waals surface area contributed by atoms with Crippen LogP contribution in [0.5, 0.6) is 0 Å². The van der Waals surface area contributed by atoms with E-state index in [1.807, 2.05) is 12.1 Å². The van der Waals surface area contributed by atoms with Gasteiger partial charge in [0.1, 0.15) is 12.1 Å². The van der Waals surface area contributed by atoms with Crippen LogP contribution in [0.25, 0.3) is 0 Å². The van der Waals surface area contributed by atoms with Crippen molar-refractivity contribution in [1.29, 1.82) is 10.5 Å². The van der Waals surface area contributed by atoms with Crippen molar-refractivity contribution in [2.75, 3.05) is 5.32 Å². The van der Waals surface area contributed by atoms with E-state index in [1.165, 1.54) is 18.2 Å². The van der Waals surface area contributed by atoms with Crippen LogP contribution >= 0.6 is 0 Å². The highest BCUT2D eigenvalue weighted by atomic mass is 16.6. The summed E-state index contributed by atoms with van der Waals surface area (Å²) in [4.78, 5) is 24.8. The topological polar surface area (TPSA) is 103 Å². The Hall–Kier alpha value is -3.64. The van der Waals surface area contributed by atoms with Crippen LogP contribution in [0.1, 0.15) is 34.0 Å². The van der Waals surface area contributed by atoms with Gasteiger partial charge in [0.25, 0.3) is 5.91 Å². The van der Waals surface area contributed by atoms with Crippen molar-refractivity contribution in [3.05, 3.63) is 64.7 Å². The van der Waals surface area contributed by atoms with E-state index in [2.05, 4.69) is 5.32 Å². The van der Waals surface area contributed by atoms with Gasteiger partial charge in [-0.15, -0.1) is 0 Å². The first-order chi connectivity index (χ1) is 12.0. The van der Waals surface area contributed by atoms with E-state index in [0.29, 0.717) is 11.3 Å². The summed E-state index contributed by atoms with van der Waals surface area (Å²) in [6, 6.07) is 15.2. The minimum atomic E-state index is -1.36. The first-order valence-corrected chi connectivity index (χ1v) is 7.54. The average Bonchev–Trinajstić information content (AvgIpc) is 2.61. The lowest BCUT2D eigenvalue weighted by atomic mass is 9.89. The molecule has 1 aliphatic heterocycles. The lowest BCUT2D eigenvalue weighted by Gasteiger charge is -2.33. The first kappa shape index (κ1) is 16.2. The highest BCUT2D eigenvalue weighted by molar-refractivity contribution is 6.02. The van der Waals surface area contributed by atoms with E-state index in [9.17, 15) is 9.59 Å². The van der Waals surface area contributed by atoms with Crippen molar-refractivity contribution in [1.82, 2.24) is 0 Å². The Bertz CT molecular complexity index is 969. The quantitative estimate of drug-likeness (QED) is 0.852. The number of rotatable bonds is 2. The number of carbonyl (C=O) groups is 2. The van der Waals surface area contributed by atoms with Gasteiger partial charge in [-0.1, -0.05) is 18.2 Å². The lowest BCUT2D eigenvalue weighted by Crippen LogP contribution is -2.48. The molecule has 1 aliphatic rings. The molecule has 122 valence electrons. The van der Waals surface area contributed by atoms with Gasteiger partial charge >= 0.3 is 5.97 Å². The number of hydrogen-bond donors (Lipinski definition) is 1. The third-order valence-electron chi connectivity index (χ3n) is 4.08. The fourth-order valence-corrected chi connectivity index (χ4v) is 2.73. The van der Waals surface area contributed by atoms with Gasteiger partial charge in [-0.2, -0.15) is 10.5 Å². The number of anilines is 1. The van der Waals surface area contributed by atoms with Crippen LogP contribution in [0, 0.1) is 22.7 Å². The summed E-state index contributed by atoms with van der Waals surface area (Å²) in [6.45, 7) is 1.55. The molecule has 25 heavy (non-hydrogen) atoms. The molecule has 0 spiro atoms. The number of hydrogen-bond acceptors (Lipinski definition) is 5. The van der Waals surface area contributed by atoms with Crippen LogP contribution in [0.2, 0.25) is 0 Å². The molecule has 0 saturated heterocycles. The van der Waals surface area contributed by atoms with Crippen molar-refractivity contribution < 1.29 is 14.3 Å². The highest BCUT2D eigenvalue weighted by Crippen LogP contribution is 2.29. The maximum Gasteiger partial charge on any atom is 0.339 e. The number of cyclic esters (lactones) is 1. The molecule has 1 atom stereocenters. The molecule has 2 aromatic rings. The summed E-state index contributed by atoms with van der Waals surface area (Å²) in [5, 5.41) is 20.7. The fraction of sp³-hybridized carbons (Fsp3) is 0.158. The summed E-state index contributed by atoms with van der Waals surface area (Å²) in [5.74, 6) is -1.04. The predicted octanol–water partition coefficient (Wildman–Crippen LogP) is 2.54. The lowest BCUT2D eigenvalue weighted by molar-refractivity contribution is -0.134. The Morgan fingerprint density at radius 1 is 1.16 bits per heavy atom. The molecule has 0 saturated carbocycles. The van der Waals surface area contributed by atoms with Gasteiger partial charge in [0, 0.05) is 12.1 Å². The number of nitrogens with zero attached hydrogens (tertiary/aromatic N) is 2. The van der Waals surface area contributed by atoms with Gasteiger partial charge in [-0.25, -0.2) is 4.79 Å². The Balaban J connectivity index is 1.86. The van der Waals surface area contributed by atoms with Crippen LogP contribution in [0.4, 0.5) is 5.69 Å². The number of esters is 1. The van der Waals surface area contributed by atoms with Crippen molar-refractivity contribution >= 4 is 17.6 Å². The van der Waals surface area contributed by atoms with Crippen LogP contribution in [0.3, 0.4) is 0 Å². The Kier molecular flexibility index (Phi) is 3.96. The molecular weight excluding hydrogens is 318 g/mol. The second kappa shape index (κ2) is 6.10. The summed E-state index contributed by atoms with van der Waals surface area (Å²) < 4.78 is 5.37. The Morgan fingerprint density at radius 2 is 1.88 bits per heavy atom. The molecule has 0 aromatic heterocycles. The highest BCUT2D eigenvalue weighted by Gasteiger charge is 2.42. The van der Waals surface area contributed by atoms with Crippen LogP contribution in [0.15, 0.2) is 42.5 Å². The van der Waals surface area contributed by atoms with E-state index in [-0.39, 0.29) is 17.5 Å². The molecular formula is C19H13N3O3. The van der Waals surface area contributed by atoms with Crippen LogP contribution in [-0.4, -0.2) is 17.5 Å². The molecule has 1 heterocycles. The van der Waals surface area contributed by atoms with E-state index in [0.717, 1.165) is 5.56 Å². The third kappa shape index (κ3) is 2.93. The number of amides is 1. The maximum atomic E-state index is 12.7. The van der Waals surface area contributed by atoms with Crippen molar-refractivity contribution in [3.8, 4) is 12.1 Å². The predicted molar refractivity (Wildman–Crippen MR) is 88.5 cm³/mol. The van der Waals surface area contributed by atoms with Gasteiger partial charge in [-0.3, -0.25) is 4.79 Å². The summed E-state index contributed by atoms with van der Waals surface area (Å²) in [7, 11) is 0. The SMILES string of the molecule is CC1(C(=O)Nc2ccc(C#N)c(C#N)c2)Cc2ccccc2C(=O)O1. The number of ether oxygens (including phenoxy) is 1. The fourth-order valence-electron chi connectivity index (χ4n) is 2.73. The zero-order valence-corrected chi connectivity index (χ0v) is 13.4. The molecule has 6 heteroatoms. The monoisotopic (exact) mass is 331 g/mol. The number of carbonyl (C=O) groups excluding carboxylic acids is 2. The number of benzene rings is 2. The van der Waals surface area contributed by atoms with E-state index < -0.39 is 17.5 Å². The van der Waals surface area contributed by atoms with E-state index in [4.69, 9.17) is 15.3 Å². The van der Waals surface area contributed by atoms with Crippen molar-refractivity contribution in [2.45, 2.75) is 18.9 Å². The zero-order chi connectivity index (χ0) is 18.0.